The minimum atomic E-state index is -0.832. The van der Waals surface area contributed by atoms with Gasteiger partial charge in [-0.05, 0) is 60.2 Å². The van der Waals surface area contributed by atoms with E-state index in [0.29, 0.717) is 31.8 Å². The zero-order valence-corrected chi connectivity index (χ0v) is 19.0. The van der Waals surface area contributed by atoms with E-state index in [9.17, 15) is 9.90 Å². The number of aliphatic hydroxyl groups is 1. The van der Waals surface area contributed by atoms with Crippen LogP contribution in [0, 0.1) is 0 Å². The standard InChI is InChI=1S/C27H32N2O4/c1-32-25-11-5-9-22(17-25)19-29(20-23-10-6-12-26(18-23)33-27(28)31)16-15-24(30)14-13-21-7-3-2-4-8-21/h2-12,17-18,24,30H,13-16,19-20H2,1H3,(H2,28,31)/t24-/m1/s1. The number of carbonyl (C=O) groups excluding carboxylic acids is 1. The summed E-state index contributed by atoms with van der Waals surface area (Å²) in [5, 5.41) is 10.6. The average Bonchev–Trinajstić information content (AvgIpc) is 2.82. The number of carbonyl (C=O) groups is 1. The Balaban J connectivity index is 1.64. The molecule has 0 aliphatic carbocycles. The van der Waals surface area contributed by atoms with E-state index in [2.05, 4.69) is 23.1 Å². The summed E-state index contributed by atoms with van der Waals surface area (Å²) in [5.74, 6) is 1.23. The number of nitrogens with two attached hydrogens (primary N) is 1. The number of hydrogen-bond acceptors (Lipinski definition) is 5. The quantitative estimate of drug-likeness (QED) is 0.425. The van der Waals surface area contributed by atoms with Crippen LogP contribution in [-0.2, 0) is 19.5 Å². The molecule has 0 saturated heterocycles. The third-order valence-electron chi connectivity index (χ3n) is 5.45. The summed E-state index contributed by atoms with van der Waals surface area (Å²) >= 11 is 0. The Labute approximate surface area is 195 Å². The first-order valence-electron chi connectivity index (χ1n) is 11.2. The molecule has 0 aliphatic rings. The second-order valence-electron chi connectivity index (χ2n) is 8.10. The highest BCUT2D eigenvalue weighted by Gasteiger charge is 2.13. The molecule has 3 N–H and O–H groups in total. The van der Waals surface area contributed by atoms with Crippen LogP contribution >= 0.6 is 0 Å². The number of benzene rings is 3. The smallest absolute Gasteiger partial charge is 0.409 e. The molecule has 0 bridgehead atoms. The first-order chi connectivity index (χ1) is 16.0. The van der Waals surface area contributed by atoms with Crippen molar-refractivity contribution in [2.75, 3.05) is 13.7 Å². The molecule has 3 aromatic carbocycles. The summed E-state index contributed by atoms with van der Waals surface area (Å²) in [6, 6.07) is 25.5. The lowest BCUT2D eigenvalue weighted by Gasteiger charge is -2.24. The first kappa shape index (κ1) is 24.3. The molecule has 0 aromatic heterocycles. The van der Waals surface area contributed by atoms with E-state index >= 15 is 0 Å². The van der Waals surface area contributed by atoms with Crippen LogP contribution in [0.25, 0.3) is 0 Å². The molecule has 0 spiro atoms. The minimum Gasteiger partial charge on any atom is -0.497 e. The van der Waals surface area contributed by atoms with Gasteiger partial charge in [-0.2, -0.15) is 0 Å². The Morgan fingerprint density at radius 2 is 1.48 bits per heavy atom. The second kappa shape index (κ2) is 12.6. The summed E-state index contributed by atoms with van der Waals surface area (Å²) < 4.78 is 10.4. The van der Waals surface area contributed by atoms with E-state index in [-0.39, 0.29) is 6.10 Å². The summed E-state index contributed by atoms with van der Waals surface area (Å²) in [4.78, 5) is 13.4. The highest BCUT2D eigenvalue weighted by Crippen LogP contribution is 2.19. The van der Waals surface area contributed by atoms with Gasteiger partial charge in [0.1, 0.15) is 11.5 Å². The van der Waals surface area contributed by atoms with Crippen molar-refractivity contribution in [1.82, 2.24) is 4.90 Å². The van der Waals surface area contributed by atoms with E-state index in [1.54, 1.807) is 13.2 Å². The maximum Gasteiger partial charge on any atom is 0.409 e. The molecule has 3 aromatic rings. The van der Waals surface area contributed by atoms with Crippen molar-refractivity contribution >= 4 is 6.09 Å². The van der Waals surface area contributed by atoms with Crippen LogP contribution in [0.5, 0.6) is 11.5 Å². The van der Waals surface area contributed by atoms with Crippen molar-refractivity contribution < 1.29 is 19.4 Å². The van der Waals surface area contributed by atoms with Gasteiger partial charge >= 0.3 is 6.09 Å². The van der Waals surface area contributed by atoms with Crippen LogP contribution < -0.4 is 15.2 Å². The lowest BCUT2D eigenvalue weighted by atomic mass is 10.0. The van der Waals surface area contributed by atoms with Gasteiger partial charge < -0.3 is 20.3 Å². The maximum absolute atomic E-state index is 11.1. The van der Waals surface area contributed by atoms with Gasteiger partial charge in [-0.25, -0.2) is 4.79 Å². The number of amides is 1. The predicted molar refractivity (Wildman–Crippen MR) is 129 cm³/mol. The molecule has 0 heterocycles. The summed E-state index contributed by atoms with van der Waals surface area (Å²) in [5.41, 5.74) is 8.50. The molecule has 6 heteroatoms. The van der Waals surface area contributed by atoms with E-state index in [1.807, 2.05) is 54.6 Å². The summed E-state index contributed by atoms with van der Waals surface area (Å²) in [6.07, 6.45) is 1.02. The SMILES string of the molecule is COc1cccc(CN(CC[C@H](O)CCc2ccccc2)Cc2cccc(OC(N)=O)c2)c1. The van der Waals surface area contributed by atoms with Crippen molar-refractivity contribution in [2.45, 2.75) is 38.5 Å². The number of primary amides is 1. The van der Waals surface area contributed by atoms with Crippen LogP contribution in [0.2, 0.25) is 0 Å². The normalized spacial score (nSPS) is 11.8. The molecular weight excluding hydrogens is 416 g/mol. The van der Waals surface area contributed by atoms with Gasteiger partial charge in [0.05, 0.1) is 13.2 Å². The molecule has 0 fully saturated rings. The van der Waals surface area contributed by atoms with Gasteiger partial charge in [0.25, 0.3) is 0 Å². The Bertz CT molecular complexity index is 1010. The molecular formula is C27H32N2O4. The molecule has 1 atom stereocenters. The molecule has 6 nitrogen and oxygen atoms in total. The van der Waals surface area contributed by atoms with Gasteiger partial charge in [0.15, 0.2) is 0 Å². The van der Waals surface area contributed by atoms with Crippen LogP contribution in [-0.4, -0.2) is 35.9 Å². The lowest BCUT2D eigenvalue weighted by molar-refractivity contribution is 0.128. The zero-order valence-electron chi connectivity index (χ0n) is 19.0. The predicted octanol–water partition coefficient (Wildman–Crippen LogP) is 4.54. The average molecular weight is 449 g/mol. The first-order valence-corrected chi connectivity index (χ1v) is 11.2. The molecule has 0 aliphatic heterocycles. The van der Waals surface area contributed by atoms with Crippen LogP contribution in [0.4, 0.5) is 4.79 Å². The van der Waals surface area contributed by atoms with Gasteiger partial charge in [0, 0.05) is 19.6 Å². The van der Waals surface area contributed by atoms with Crippen LogP contribution in [0.3, 0.4) is 0 Å². The number of aliphatic hydroxyl groups excluding tert-OH is 1. The monoisotopic (exact) mass is 448 g/mol. The maximum atomic E-state index is 11.1. The molecule has 0 radical (unpaired) electrons. The van der Waals surface area contributed by atoms with Crippen molar-refractivity contribution in [1.29, 1.82) is 0 Å². The van der Waals surface area contributed by atoms with Crippen LogP contribution in [0.15, 0.2) is 78.9 Å². The fourth-order valence-corrected chi connectivity index (χ4v) is 3.78. The Morgan fingerprint density at radius 3 is 2.12 bits per heavy atom. The fourth-order valence-electron chi connectivity index (χ4n) is 3.78. The second-order valence-corrected chi connectivity index (χ2v) is 8.10. The molecule has 0 saturated carbocycles. The van der Waals surface area contributed by atoms with E-state index < -0.39 is 6.09 Å². The minimum absolute atomic E-state index is 0.387. The topological polar surface area (TPSA) is 85.0 Å². The summed E-state index contributed by atoms with van der Waals surface area (Å²) in [6.45, 7) is 2.05. The Kier molecular flexibility index (Phi) is 9.30. The molecule has 33 heavy (non-hydrogen) atoms. The summed E-state index contributed by atoms with van der Waals surface area (Å²) in [7, 11) is 1.66. The molecule has 3 rings (SSSR count). The number of ether oxygens (including phenoxy) is 2. The molecule has 0 unspecified atom stereocenters. The van der Waals surface area contributed by atoms with Gasteiger partial charge in [-0.15, -0.1) is 0 Å². The van der Waals surface area contributed by atoms with Crippen molar-refractivity contribution in [2.24, 2.45) is 5.73 Å². The molecule has 1 amide bonds. The van der Waals surface area contributed by atoms with Crippen molar-refractivity contribution in [3.05, 3.63) is 95.6 Å². The Hall–Kier alpha value is -3.35. The van der Waals surface area contributed by atoms with E-state index in [4.69, 9.17) is 15.2 Å². The number of methoxy groups -OCH3 is 1. The molecule has 174 valence electrons. The van der Waals surface area contributed by atoms with Gasteiger partial charge in [-0.3, -0.25) is 4.90 Å². The zero-order chi connectivity index (χ0) is 23.5. The number of nitrogens with zero attached hydrogens (tertiary/aromatic N) is 1. The third-order valence-corrected chi connectivity index (χ3v) is 5.45. The fraction of sp³-hybridized carbons (Fsp3) is 0.296. The van der Waals surface area contributed by atoms with E-state index in [1.165, 1.54) is 5.56 Å². The highest BCUT2D eigenvalue weighted by atomic mass is 16.5. The van der Waals surface area contributed by atoms with Gasteiger partial charge in [-0.1, -0.05) is 54.6 Å². The highest BCUT2D eigenvalue weighted by molar-refractivity contribution is 5.68. The van der Waals surface area contributed by atoms with Crippen molar-refractivity contribution in [3.63, 3.8) is 0 Å². The number of rotatable bonds is 12. The number of aryl methyl sites for hydroxylation is 1. The Morgan fingerprint density at radius 1 is 0.879 bits per heavy atom. The number of hydrogen-bond donors (Lipinski definition) is 2. The van der Waals surface area contributed by atoms with Crippen molar-refractivity contribution in [3.8, 4) is 11.5 Å². The van der Waals surface area contributed by atoms with Gasteiger partial charge in [0.2, 0.25) is 0 Å². The largest absolute Gasteiger partial charge is 0.497 e. The third kappa shape index (κ3) is 8.60. The lowest BCUT2D eigenvalue weighted by Crippen LogP contribution is -2.27. The van der Waals surface area contributed by atoms with E-state index in [0.717, 1.165) is 29.7 Å². The van der Waals surface area contributed by atoms with Crippen LogP contribution in [0.1, 0.15) is 29.5 Å².